The summed E-state index contributed by atoms with van der Waals surface area (Å²) in [5.74, 6) is 0.464. The van der Waals surface area contributed by atoms with E-state index in [2.05, 4.69) is 10.2 Å². The van der Waals surface area contributed by atoms with E-state index in [0.717, 1.165) is 39.4 Å². The molecule has 0 aromatic rings. The van der Waals surface area contributed by atoms with Gasteiger partial charge in [-0.25, -0.2) is 0 Å². The molecule has 0 saturated carbocycles. The average molecular weight is 242 g/mol. The minimum atomic E-state index is -0.0309. The van der Waals surface area contributed by atoms with E-state index in [1.165, 1.54) is 0 Å². The minimum absolute atomic E-state index is 0.0309. The van der Waals surface area contributed by atoms with Crippen molar-refractivity contribution in [1.29, 1.82) is 0 Å². The van der Waals surface area contributed by atoms with Crippen molar-refractivity contribution in [2.24, 2.45) is 5.92 Å². The van der Waals surface area contributed by atoms with Gasteiger partial charge in [-0.2, -0.15) is 0 Å². The summed E-state index contributed by atoms with van der Waals surface area (Å²) in [6.45, 7) is 8.25. The predicted octanol–water partition coefficient (Wildman–Crippen LogP) is -0.488. The Kier molecular flexibility index (Phi) is 4.91. The van der Waals surface area contributed by atoms with Crippen molar-refractivity contribution in [3.8, 4) is 0 Å². The number of Topliss-reactive ketones (excluding diaryl/α,β-unsaturated/α-hetero) is 1. The second-order valence-electron chi connectivity index (χ2n) is 4.69. The third kappa shape index (κ3) is 3.48. The SMILES string of the molecule is CCNC1C(=O)COCC1CN1CCOCC1. The molecule has 2 aliphatic heterocycles. The quantitative estimate of drug-likeness (QED) is 0.721. The first-order valence-corrected chi connectivity index (χ1v) is 6.45. The summed E-state index contributed by atoms with van der Waals surface area (Å²) in [7, 11) is 0. The van der Waals surface area contributed by atoms with Gasteiger partial charge in [0.05, 0.1) is 25.9 Å². The molecule has 0 aromatic carbocycles. The Hall–Kier alpha value is -0.490. The second kappa shape index (κ2) is 6.44. The van der Waals surface area contributed by atoms with Crippen LogP contribution in [0.2, 0.25) is 0 Å². The van der Waals surface area contributed by atoms with Gasteiger partial charge in [0, 0.05) is 25.6 Å². The van der Waals surface area contributed by atoms with Crippen LogP contribution in [0.25, 0.3) is 0 Å². The lowest BCUT2D eigenvalue weighted by Crippen LogP contribution is -2.54. The summed E-state index contributed by atoms with van der Waals surface area (Å²) in [6.07, 6.45) is 0. The van der Waals surface area contributed by atoms with E-state index in [9.17, 15) is 4.79 Å². The summed E-state index contributed by atoms with van der Waals surface area (Å²) < 4.78 is 10.7. The van der Waals surface area contributed by atoms with Crippen LogP contribution in [0.15, 0.2) is 0 Å². The molecule has 0 aromatic heterocycles. The number of ether oxygens (including phenoxy) is 2. The van der Waals surface area contributed by atoms with Crippen molar-refractivity contribution in [1.82, 2.24) is 10.2 Å². The van der Waals surface area contributed by atoms with Crippen LogP contribution < -0.4 is 5.32 Å². The van der Waals surface area contributed by atoms with Crippen molar-refractivity contribution >= 4 is 5.78 Å². The van der Waals surface area contributed by atoms with E-state index in [-0.39, 0.29) is 24.3 Å². The van der Waals surface area contributed by atoms with Crippen molar-refractivity contribution in [3.63, 3.8) is 0 Å². The zero-order valence-electron chi connectivity index (χ0n) is 10.5. The third-order valence-corrected chi connectivity index (χ3v) is 3.41. The highest BCUT2D eigenvalue weighted by atomic mass is 16.5. The summed E-state index contributed by atoms with van der Waals surface area (Å²) in [5.41, 5.74) is 0. The zero-order valence-corrected chi connectivity index (χ0v) is 10.5. The second-order valence-corrected chi connectivity index (χ2v) is 4.69. The molecule has 0 radical (unpaired) electrons. The molecule has 17 heavy (non-hydrogen) atoms. The molecule has 0 amide bonds. The minimum Gasteiger partial charge on any atom is -0.379 e. The summed E-state index contributed by atoms with van der Waals surface area (Å²) in [6, 6.07) is -0.0309. The Balaban J connectivity index is 1.89. The molecule has 0 spiro atoms. The van der Waals surface area contributed by atoms with Gasteiger partial charge in [0.2, 0.25) is 0 Å². The van der Waals surface area contributed by atoms with Gasteiger partial charge in [0.15, 0.2) is 5.78 Å². The first-order chi connectivity index (χ1) is 8.31. The van der Waals surface area contributed by atoms with Gasteiger partial charge in [-0.05, 0) is 6.54 Å². The maximum absolute atomic E-state index is 11.8. The van der Waals surface area contributed by atoms with Crippen LogP contribution in [-0.4, -0.2) is 69.3 Å². The molecule has 0 aliphatic carbocycles. The van der Waals surface area contributed by atoms with Crippen LogP contribution in [0.1, 0.15) is 6.92 Å². The van der Waals surface area contributed by atoms with Gasteiger partial charge in [-0.15, -0.1) is 0 Å². The summed E-state index contributed by atoms with van der Waals surface area (Å²) in [4.78, 5) is 14.2. The fourth-order valence-electron chi connectivity index (χ4n) is 2.53. The molecule has 2 fully saturated rings. The molecule has 2 unspecified atom stereocenters. The standard InChI is InChI=1S/C12H22N2O3/c1-2-13-12-10(8-17-9-11(12)15)7-14-3-5-16-6-4-14/h10,12-13H,2-9H2,1H3. The highest BCUT2D eigenvalue weighted by molar-refractivity contribution is 5.86. The van der Waals surface area contributed by atoms with Crippen molar-refractivity contribution < 1.29 is 14.3 Å². The topological polar surface area (TPSA) is 50.8 Å². The van der Waals surface area contributed by atoms with Crippen LogP contribution in [0, 0.1) is 5.92 Å². The first kappa shape index (κ1) is 13.0. The van der Waals surface area contributed by atoms with E-state index >= 15 is 0 Å². The number of likely N-dealkylation sites (N-methyl/N-ethyl adjacent to an activating group) is 1. The van der Waals surface area contributed by atoms with E-state index in [4.69, 9.17) is 9.47 Å². The summed E-state index contributed by atoms with van der Waals surface area (Å²) >= 11 is 0. The molecule has 2 aliphatic rings. The number of nitrogens with one attached hydrogen (secondary N) is 1. The normalized spacial score (nSPS) is 31.7. The fourth-order valence-corrected chi connectivity index (χ4v) is 2.53. The molecule has 2 heterocycles. The maximum Gasteiger partial charge on any atom is 0.175 e. The van der Waals surface area contributed by atoms with Crippen LogP contribution in [0.4, 0.5) is 0 Å². The van der Waals surface area contributed by atoms with Crippen LogP contribution >= 0.6 is 0 Å². The highest BCUT2D eigenvalue weighted by Gasteiger charge is 2.33. The van der Waals surface area contributed by atoms with E-state index in [0.29, 0.717) is 6.61 Å². The monoisotopic (exact) mass is 242 g/mol. The Morgan fingerprint density at radius 3 is 2.82 bits per heavy atom. The number of rotatable bonds is 4. The van der Waals surface area contributed by atoms with Gasteiger partial charge in [-0.1, -0.05) is 6.92 Å². The first-order valence-electron chi connectivity index (χ1n) is 6.45. The largest absolute Gasteiger partial charge is 0.379 e. The zero-order chi connectivity index (χ0) is 12.1. The van der Waals surface area contributed by atoms with E-state index in [1.807, 2.05) is 6.92 Å². The number of carbonyl (C=O) groups excluding carboxylic acids is 1. The molecule has 2 saturated heterocycles. The van der Waals surface area contributed by atoms with Crippen LogP contribution in [-0.2, 0) is 14.3 Å². The molecule has 2 atom stereocenters. The molecular weight excluding hydrogens is 220 g/mol. The number of carbonyl (C=O) groups is 1. The van der Waals surface area contributed by atoms with Crippen molar-refractivity contribution in [3.05, 3.63) is 0 Å². The van der Waals surface area contributed by atoms with Crippen LogP contribution in [0.3, 0.4) is 0 Å². The molecule has 5 heteroatoms. The molecule has 1 N–H and O–H groups in total. The summed E-state index contributed by atoms with van der Waals surface area (Å²) in [5, 5.41) is 3.29. The Morgan fingerprint density at radius 2 is 2.12 bits per heavy atom. The number of ketones is 1. The van der Waals surface area contributed by atoms with Crippen molar-refractivity contribution in [2.75, 3.05) is 52.6 Å². The van der Waals surface area contributed by atoms with E-state index in [1.54, 1.807) is 0 Å². The molecule has 98 valence electrons. The van der Waals surface area contributed by atoms with Gasteiger partial charge in [0.1, 0.15) is 6.61 Å². The fraction of sp³-hybridized carbons (Fsp3) is 0.917. The lowest BCUT2D eigenvalue weighted by atomic mass is 9.94. The Labute approximate surface area is 102 Å². The maximum atomic E-state index is 11.8. The predicted molar refractivity (Wildman–Crippen MR) is 64.0 cm³/mol. The number of morpholine rings is 1. The van der Waals surface area contributed by atoms with E-state index < -0.39 is 0 Å². The average Bonchev–Trinajstić information content (AvgIpc) is 2.35. The highest BCUT2D eigenvalue weighted by Crippen LogP contribution is 2.15. The van der Waals surface area contributed by atoms with Crippen LogP contribution in [0.5, 0.6) is 0 Å². The van der Waals surface area contributed by atoms with Gasteiger partial charge < -0.3 is 14.8 Å². The molecular formula is C12H22N2O3. The number of hydrogen-bond acceptors (Lipinski definition) is 5. The third-order valence-electron chi connectivity index (χ3n) is 3.41. The Morgan fingerprint density at radius 1 is 1.35 bits per heavy atom. The number of hydrogen-bond donors (Lipinski definition) is 1. The molecule has 2 rings (SSSR count). The molecule has 0 bridgehead atoms. The molecule has 5 nitrogen and oxygen atoms in total. The van der Waals surface area contributed by atoms with Gasteiger partial charge in [0.25, 0.3) is 0 Å². The lowest BCUT2D eigenvalue weighted by molar-refractivity contribution is -0.134. The van der Waals surface area contributed by atoms with Gasteiger partial charge in [-0.3, -0.25) is 9.69 Å². The van der Waals surface area contributed by atoms with Gasteiger partial charge >= 0.3 is 0 Å². The lowest BCUT2D eigenvalue weighted by Gasteiger charge is -2.36. The van der Waals surface area contributed by atoms with Crippen molar-refractivity contribution in [2.45, 2.75) is 13.0 Å². The smallest absolute Gasteiger partial charge is 0.175 e. The number of nitrogens with zero attached hydrogens (tertiary/aromatic N) is 1. The Bertz CT molecular complexity index is 254.